The predicted molar refractivity (Wildman–Crippen MR) is 88.3 cm³/mol. The summed E-state index contributed by atoms with van der Waals surface area (Å²) >= 11 is 3.39. The van der Waals surface area contributed by atoms with Crippen LogP contribution in [0, 0.1) is 0 Å². The van der Waals surface area contributed by atoms with Crippen LogP contribution in [0.5, 0.6) is 0 Å². The van der Waals surface area contributed by atoms with E-state index in [0.717, 1.165) is 12.0 Å². The van der Waals surface area contributed by atoms with Crippen LogP contribution in [-0.2, 0) is 11.2 Å². The summed E-state index contributed by atoms with van der Waals surface area (Å²) in [4.78, 5) is 12.9. The van der Waals surface area contributed by atoms with Crippen molar-refractivity contribution in [3.63, 3.8) is 0 Å². The van der Waals surface area contributed by atoms with Gasteiger partial charge in [0.2, 0.25) is 5.91 Å². The Morgan fingerprint density at radius 2 is 2.10 bits per heavy atom. The van der Waals surface area contributed by atoms with Crippen molar-refractivity contribution in [2.24, 2.45) is 0 Å². The highest BCUT2D eigenvalue weighted by Crippen LogP contribution is 2.15. The number of thiophene rings is 1. The van der Waals surface area contributed by atoms with E-state index < -0.39 is 0 Å². The van der Waals surface area contributed by atoms with Gasteiger partial charge in [-0.1, -0.05) is 12.1 Å². The zero-order valence-corrected chi connectivity index (χ0v) is 13.0. The molecule has 2 nitrogen and oxygen atoms in total. The van der Waals surface area contributed by atoms with Crippen molar-refractivity contribution in [3.8, 4) is 0 Å². The highest BCUT2D eigenvalue weighted by molar-refractivity contribution is 7.98. The lowest BCUT2D eigenvalue weighted by atomic mass is 10.2. The third-order valence-corrected chi connectivity index (χ3v) is 4.31. The van der Waals surface area contributed by atoms with Crippen LogP contribution in [0.3, 0.4) is 0 Å². The molecule has 0 aliphatic carbocycles. The zero-order valence-electron chi connectivity index (χ0n) is 11.3. The molecular formula is C16H17NOS2. The maximum atomic E-state index is 11.7. The molecule has 20 heavy (non-hydrogen) atoms. The van der Waals surface area contributed by atoms with Crippen LogP contribution in [-0.4, -0.2) is 18.7 Å². The molecule has 0 aliphatic rings. The Balaban J connectivity index is 1.76. The number of rotatable bonds is 6. The van der Waals surface area contributed by atoms with Crippen LogP contribution in [0.15, 0.2) is 52.1 Å². The first-order chi connectivity index (χ1) is 9.78. The predicted octanol–water partition coefficient (Wildman–Crippen LogP) is 3.84. The molecule has 4 heteroatoms. The Hall–Kier alpha value is -1.52. The first-order valence-electron chi connectivity index (χ1n) is 6.39. The molecule has 1 aromatic carbocycles. The molecule has 0 aliphatic heterocycles. The Morgan fingerprint density at radius 3 is 2.75 bits per heavy atom. The smallest absolute Gasteiger partial charge is 0.244 e. The van der Waals surface area contributed by atoms with Crippen molar-refractivity contribution in [3.05, 3.63) is 58.3 Å². The van der Waals surface area contributed by atoms with Gasteiger partial charge in [-0.25, -0.2) is 0 Å². The first-order valence-corrected chi connectivity index (χ1v) is 8.56. The van der Waals surface area contributed by atoms with Gasteiger partial charge >= 0.3 is 0 Å². The molecule has 0 unspecified atom stereocenters. The number of thioether (sulfide) groups is 1. The van der Waals surface area contributed by atoms with E-state index >= 15 is 0 Å². The number of nitrogens with one attached hydrogen (secondary N) is 1. The van der Waals surface area contributed by atoms with Gasteiger partial charge in [0.15, 0.2) is 0 Å². The minimum atomic E-state index is -0.0471. The standard InChI is InChI=1S/C16H17NOS2/c1-19-15-5-2-13(3-6-15)4-7-16(18)17-10-8-14-9-11-20-12-14/h2-7,9,11-12H,8,10H2,1H3,(H,17,18)/b7-4+. The third-order valence-electron chi connectivity index (χ3n) is 2.84. The SMILES string of the molecule is CSc1ccc(/C=C/C(=O)NCCc2ccsc2)cc1. The van der Waals surface area contributed by atoms with Crippen LogP contribution in [0.2, 0.25) is 0 Å². The van der Waals surface area contributed by atoms with Crippen LogP contribution in [0.4, 0.5) is 0 Å². The van der Waals surface area contributed by atoms with E-state index in [1.807, 2.05) is 24.5 Å². The third kappa shape index (κ3) is 4.87. The molecular weight excluding hydrogens is 286 g/mol. The van der Waals surface area contributed by atoms with Gasteiger partial charge in [-0.15, -0.1) is 11.8 Å². The number of carbonyl (C=O) groups excluding carboxylic acids is 1. The topological polar surface area (TPSA) is 29.1 Å². The largest absolute Gasteiger partial charge is 0.352 e. The molecule has 0 spiro atoms. The van der Waals surface area contributed by atoms with E-state index in [1.54, 1.807) is 29.2 Å². The van der Waals surface area contributed by atoms with E-state index in [-0.39, 0.29) is 5.91 Å². The molecule has 2 aromatic rings. The van der Waals surface area contributed by atoms with Gasteiger partial charge in [0.05, 0.1) is 0 Å². The summed E-state index contributed by atoms with van der Waals surface area (Å²) in [5.41, 5.74) is 2.31. The first kappa shape index (κ1) is 14.9. The van der Waals surface area contributed by atoms with Gasteiger partial charge < -0.3 is 5.32 Å². The van der Waals surface area contributed by atoms with E-state index in [4.69, 9.17) is 0 Å². The van der Waals surface area contributed by atoms with E-state index in [2.05, 4.69) is 34.3 Å². The molecule has 2 rings (SSSR count). The Bertz CT molecular complexity index is 559. The molecule has 0 saturated heterocycles. The normalized spacial score (nSPS) is 10.8. The van der Waals surface area contributed by atoms with E-state index in [9.17, 15) is 4.79 Å². The minimum absolute atomic E-state index is 0.0471. The molecule has 0 atom stereocenters. The molecule has 1 N–H and O–H groups in total. The second kappa shape index (κ2) is 7.92. The van der Waals surface area contributed by atoms with E-state index in [1.165, 1.54) is 10.5 Å². The van der Waals surface area contributed by atoms with Crippen molar-refractivity contribution in [2.75, 3.05) is 12.8 Å². The minimum Gasteiger partial charge on any atom is -0.352 e. The molecule has 0 fully saturated rings. The number of benzene rings is 1. The maximum absolute atomic E-state index is 11.7. The van der Waals surface area contributed by atoms with Gasteiger partial charge in [-0.2, -0.15) is 11.3 Å². The molecule has 1 aromatic heterocycles. The van der Waals surface area contributed by atoms with Crippen molar-refractivity contribution in [1.29, 1.82) is 0 Å². The number of carbonyl (C=O) groups is 1. The van der Waals surface area contributed by atoms with E-state index in [0.29, 0.717) is 6.54 Å². The highest BCUT2D eigenvalue weighted by atomic mass is 32.2. The molecule has 0 radical (unpaired) electrons. The van der Waals surface area contributed by atoms with Crippen molar-refractivity contribution in [2.45, 2.75) is 11.3 Å². The highest BCUT2D eigenvalue weighted by Gasteiger charge is 1.97. The lowest BCUT2D eigenvalue weighted by molar-refractivity contribution is -0.116. The van der Waals surface area contributed by atoms with Gasteiger partial charge in [-0.05, 0) is 58.8 Å². The summed E-state index contributed by atoms with van der Waals surface area (Å²) in [6.45, 7) is 0.672. The molecule has 0 saturated carbocycles. The summed E-state index contributed by atoms with van der Waals surface area (Å²) in [5, 5.41) is 7.05. The fourth-order valence-electron chi connectivity index (χ4n) is 1.71. The summed E-state index contributed by atoms with van der Waals surface area (Å²) in [6.07, 6.45) is 6.35. The lowest BCUT2D eigenvalue weighted by Gasteiger charge is -2.00. The fourth-order valence-corrected chi connectivity index (χ4v) is 2.82. The molecule has 0 bridgehead atoms. The van der Waals surface area contributed by atoms with Crippen LogP contribution < -0.4 is 5.32 Å². The van der Waals surface area contributed by atoms with Gasteiger partial charge in [0.25, 0.3) is 0 Å². The van der Waals surface area contributed by atoms with Gasteiger partial charge in [0.1, 0.15) is 0 Å². The van der Waals surface area contributed by atoms with Crippen molar-refractivity contribution in [1.82, 2.24) is 5.32 Å². The van der Waals surface area contributed by atoms with Crippen molar-refractivity contribution >= 4 is 35.1 Å². The maximum Gasteiger partial charge on any atom is 0.244 e. The summed E-state index contributed by atoms with van der Waals surface area (Å²) in [5.74, 6) is -0.0471. The second-order valence-corrected chi connectivity index (χ2v) is 5.94. The van der Waals surface area contributed by atoms with Crippen LogP contribution in [0.25, 0.3) is 6.08 Å². The van der Waals surface area contributed by atoms with Gasteiger partial charge in [0, 0.05) is 17.5 Å². The second-order valence-electron chi connectivity index (χ2n) is 4.28. The van der Waals surface area contributed by atoms with Crippen LogP contribution >= 0.6 is 23.1 Å². The molecule has 1 heterocycles. The Kier molecular flexibility index (Phi) is 5.89. The van der Waals surface area contributed by atoms with Gasteiger partial charge in [-0.3, -0.25) is 4.79 Å². The summed E-state index contributed by atoms with van der Waals surface area (Å²) in [6, 6.07) is 10.2. The summed E-state index contributed by atoms with van der Waals surface area (Å²) in [7, 11) is 0. The number of hydrogen-bond acceptors (Lipinski definition) is 3. The average Bonchev–Trinajstić information content (AvgIpc) is 2.99. The van der Waals surface area contributed by atoms with Crippen molar-refractivity contribution < 1.29 is 4.79 Å². The summed E-state index contributed by atoms with van der Waals surface area (Å²) < 4.78 is 0. The quantitative estimate of drug-likeness (QED) is 0.649. The molecule has 1 amide bonds. The fraction of sp³-hybridized carbons (Fsp3) is 0.188. The Morgan fingerprint density at radius 1 is 1.30 bits per heavy atom. The Labute approximate surface area is 127 Å². The van der Waals surface area contributed by atoms with Crippen LogP contribution in [0.1, 0.15) is 11.1 Å². The monoisotopic (exact) mass is 303 g/mol. The number of hydrogen-bond donors (Lipinski definition) is 1. The zero-order chi connectivity index (χ0) is 14.2. The average molecular weight is 303 g/mol. The lowest BCUT2D eigenvalue weighted by Crippen LogP contribution is -2.23. The number of amides is 1. The molecule has 104 valence electrons.